The number of esters is 1. The van der Waals surface area contributed by atoms with Crippen LogP contribution >= 0.6 is 0 Å². The number of rotatable bonds is 43. The number of hydrogen-bond donors (Lipinski definition) is 0. The lowest BCUT2D eigenvalue weighted by atomic mass is 10.2. The maximum atomic E-state index is 11.8. The number of carbonyl (C=O) groups excluding carboxylic acids is 1. The zero-order valence-electron chi connectivity index (χ0n) is 31.8. The van der Waals surface area contributed by atoms with Crippen molar-refractivity contribution in [3.63, 3.8) is 0 Å². The van der Waals surface area contributed by atoms with E-state index in [0.717, 1.165) is 13.0 Å². The number of ether oxygens (including phenoxy) is 13. The maximum absolute atomic E-state index is 11.8. The van der Waals surface area contributed by atoms with Crippen LogP contribution in [0.25, 0.3) is 0 Å². The summed E-state index contributed by atoms with van der Waals surface area (Å²) in [5.41, 5.74) is 0.525. The smallest absolute Gasteiger partial charge is 0.338 e. The quantitative estimate of drug-likeness (QED) is 0.0703. The number of carbonyl (C=O) groups is 1. The van der Waals surface area contributed by atoms with E-state index in [1.165, 1.54) is 25.7 Å². The fourth-order valence-corrected chi connectivity index (χ4v) is 4.18. The summed E-state index contributed by atoms with van der Waals surface area (Å²) in [5, 5.41) is 0. The molecule has 0 atom stereocenters. The average molecular weight is 749 g/mol. The van der Waals surface area contributed by atoms with Crippen molar-refractivity contribution in [2.75, 3.05) is 165 Å². The molecule has 0 N–H and O–H groups in total. The summed E-state index contributed by atoms with van der Waals surface area (Å²) < 4.78 is 71.0. The van der Waals surface area contributed by atoms with Crippen molar-refractivity contribution in [1.29, 1.82) is 0 Å². The van der Waals surface area contributed by atoms with Gasteiger partial charge >= 0.3 is 5.97 Å². The summed E-state index contributed by atoms with van der Waals surface area (Å²) in [7, 11) is 0. The molecule has 14 heteroatoms. The highest BCUT2D eigenvalue weighted by Gasteiger charge is 2.05. The Morgan fingerprint density at radius 2 is 0.615 bits per heavy atom. The van der Waals surface area contributed by atoms with Gasteiger partial charge in [0.2, 0.25) is 0 Å². The first-order valence-electron chi connectivity index (χ1n) is 19.0. The van der Waals surface area contributed by atoms with Crippen LogP contribution < -0.4 is 0 Å². The molecule has 0 saturated carbocycles. The number of hydrogen-bond acceptors (Lipinski definition) is 14. The van der Waals surface area contributed by atoms with Gasteiger partial charge in [-0.3, -0.25) is 0 Å². The van der Waals surface area contributed by atoms with Gasteiger partial charge in [0.1, 0.15) is 6.61 Å². The Bertz CT molecular complexity index is 835. The van der Waals surface area contributed by atoms with E-state index >= 15 is 0 Å². The predicted octanol–water partition coefficient (Wildman–Crippen LogP) is 4.01. The maximum Gasteiger partial charge on any atom is 0.338 e. The largest absolute Gasteiger partial charge is 0.460 e. The van der Waals surface area contributed by atoms with E-state index < -0.39 is 0 Å². The van der Waals surface area contributed by atoms with E-state index in [4.69, 9.17) is 61.6 Å². The molecule has 52 heavy (non-hydrogen) atoms. The van der Waals surface area contributed by atoms with Crippen molar-refractivity contribution in [2.45, 2.75) is 39.0 Å². The molecule has 0 heterocycles. The lowest BCUT2D eigenvalue weighted by Gasteiger charge is -2.09. The van der Waals surface area contributed by atoms with Crippen molar-refractivity contribution in [3.05, 3.63) is 35.9 Å². The second kappa shape index (κ2) is 42.0. The Morgan fingerprint density at radius 3 is 0.923 bits per heavy atom. The molecule has 0 fully saturated rings. The normalized spacial score (nSPS) is 11.4. The standard InChI is InChI=1S/C38H68O14/c1-2-3-4-5-9-12-40-13-14-41-15-16-42-17-18-43-19-20-44-21-22-45-23-24-46-25-26-47-27-28-48-29-30-49-31-32-50-33-34-51-35-36-52-38(39)37-10-7-6-8-11-37/h6-8,10-11H,2-5,9,12-36H2,1H3. The molecule has 304 valence electrons. The summed E-state index contributed by atoms with van der Waals surface area (Å²) in [5.74, 6) is -0.356. The van der Waals surface area contributed by atoms with E-state index in [2.05, 4.69) is 6.92 Å². The zero-order valence-corrected chi connectivity index (χ0v) is 31.8. The number of unbranched alkanes of at least 4 members (excludes halogenated alkanes) is 4. The third-order valence-corrected chi connectivity index (χ3v) is 6.95. The van der Waals surface area contributed by atoms with Crippen LogP contribution in [0.1, 0.15) is 49.4 Å². The minimum atomic E-state index is -0.356. The van der Waals surface area contributed by atoms with Gasteiger partial charge in [0.05, 0.1) is 158 Å². The molecular weight excluding hydrogens is 680 g/mol. The van der Waals surface area contributed by atoms with Gasteiger partial charge in [0.15, 0.2) is 0 Å². The molecule has 1 rings (SSSR count). The topological polar surface area (TPSA) is 137 Å². The Kier molecular flexibility index (Phi) is 38.9. The highest BCUT2D eigenvalue weighted by atomic mass is 16.6. The van der Waals surface area contributed by atoms with Crippen molar-refractivity contribution in [3.8, 4) is 0 Å². The monoisotopic (exact) mass is 748 g/mol. The second-order valence-corrected chi connectivity index (χ2v) is 11.3. The third-order valence-electron chi connectivity index (χ3n) is 6.95. The van der Waals surface area contributed by atoms with Crippen LogP contribution in [-0.4, -0.2) is 171 Å². The molecule has 1 aromatic rings. The summed E-state index contributed by atoms with van der Waals surface area (Å²) in [4.78, 5) is 11.8. The van der Waals surface area contributed by atoms with Crippen LogP contribution in [0.3, 0.4) is 0 Å². The average Bonchev–Trinajstić information content (AvgIpc) is 3.17. The van der Waals surface area contributed by atoms with Crippen molar-refractivity contribution in [2.24, 2.45) is 0 Å². The molecule has 0 spiro atoms. The van der Waals surface area contributed by atoms with Gasteiger partial charge in [-0.05, 0) is 18.6 Å². The lowest BCUT2D eigenvalue weighted by molar-refractivity contribution is -0.0288. The highest BCUT2D eigenvalue weighted by Crippen LogP contribution is 2.02. The SMILES string of the molecule is CCCCCCCOCCOCCOCCOCCOCCOCCOCCOCCOCCOCCOCCOCCOC(=O)c1ccccc1. The van der Waals surface area contributed by atoms with E-state index in [1.54, 1.807) is 24.3 Å². The molecule has 14 nitrogen and oxygen atoms in total. The van der Waals surface area contributed by atoms with Crippen LogP contribution in [0.5, 0.6) is 0 Å². The molecule has 0 aliphatic heterocycles. The van der Waals surface area contributed by atoms with Crippen molar-refractivity contribution >= 4 is 5.97 Å². The summed E-state index contributed by atoms with van der Waals surface area (Å²) in [6, 6.07) is 8.86. The molecule has 0 aliphatic carbocycles. The third kappa shape index (κ3) is 36.6. The molecule has 0 amide bonds. The Morgan fingerprint density at radius 1 is 0.346 bits per heavy atom. The minimum absolute atomic E-state index is 0.201. The minimum Gasteiger partial charge on any atom is -0.460 e. The fraction of sp³-hybridized carbons (Fsp3) is 0.816. The van der Waals surface area contributed by atoms with Crippen molar-refractivity contribution in [1.82, 2.24) is 0 Å². The molecule has 0 bridgehead atoms. The van der Waals surface area contributed by atoms with Gasteiger partial charge in [-0.2, -0.15) is 0 Å². The first kappa shape index (κ1) is 48.2. The van der Waals surface area contributed by atoms with Crippen LogP contribution in [0.15, 0.2) is 30.3 Å². The zero-order chi connectivity index (χ0) is 37.1. The Balaban J connectivity index is 1.62. The highest BCUT2D eigenvalue weighted by molar-refractivity contribution is 5.89. The summed E-state index contributed by atoms with van der Waals surface area (Å²) in [6.45, 7) is 14.8. The van der Waals surface area contributed by atoms with Gasteiger partial charge < -0.3 is 61.6 Å². The molecule has 0 aromatic heterocycles. The molecular formula is C38H68O14. The van der Waals surface area contributed by atoms with E-state index in [1.807, 2.05) is 6.07 Å². The molecule has 0 aliphatic rings. The molecule has 0 saturated heterocycles. The first-order valence-corrected chi connectivity index (χ1v) is 19.0. The first-order chi connectivity index (χ1) is 25.8. The van der Waals surface area contributed by atoms with E-state index in [9.17, 15) is 4.79 Å². The molecule has 0 radical (unpaired) electrons. The Hall–Kier alpha value is -1.79. The fourth-order valence-electron chi connectivity index (χ4n) is 4.18. The lowest BCUT2D eigenvalue weighted by Crippen LogP contribution is -2.15. The number of benzene rings is 1. The van der Waals surface area contributed by atoms with Gasteiger partial charge in [0.25, 0.3) is 0 Å². The Labute approximate surface area is 312 Å². The van der Waals surface area contributed by atoms with Crippen molar-refractivity contribution < 1.29 is 66.4 Å². The van der Waals surface area contributed by atoms with Gasteiger partial charge in [-0.1, -0.05) is 50.8 Å². The van der Waals surface area contributed by atoms with Crippen LogP contribution in [0.2, 0.25) is 0 Å². The van der Waals surface area contributed by atoms with Crippen LogP contribution in [-0.2, 0) is 61.6 Å². The molecule has 0 unspecified atom stereocenters. The second-order valence-electron chi connectivity index (χ2n) is 11.3. The van der Waals surface area contributed by atoms with E-state index in [-0.39, 0.29) is 12.6 Å². The van der Waals surface area contributed by atoms with Crippen LogP contribution in [0, 0.1) is 0 Å². The van der Waals surface area contributed by atoms with Gasteiger partial charge in [0, 0.05) is 6.61 Å². The van der Waals surface area contributed by atoms with E-state index in [0.29, 0.717) is 158 Å². The van der Waals surface area contributed by atoms with Crippen LogP contribution in [0.4, 0.5) is 0 Å². The summed E-state index contributed by atoms with van der Waals surface area (Å²) >= 11 is 0. The van der Waals surface area contributed by atoms with Gasteiger partial charge in [-0.25, -0.2) is 4.79 Å². The van der Waals surface area contributed by atoms with Gasteiger partial charge in [-0.15, -0.1) is 0 Å². The summed E-state index contributed by atoms with van der Waals surface area (Å²) in [6.07, 6.45) is 6.26. The predicted molar refractivity (Wildman–Crippen MR) is 195 cm³/mol. The molecule has 1 aromatic carbocycles.